The third-order valence-electron chi connectivity index (χ3n) is 4.33. The van der Waals surface area contributed by atoms with Gasteiger partial charge in [0, 0.05) is 12.2 Å². The highest BCUT2D eigenvalue weighted by Gasteiger charge is 2.37. The number of imide groups is 1. The number of aliphatic hydroxyl groups excluding tert-OH is 1. The van der Waals surface area contributed by atoms with Crippen molar-refractivity contribution in [2.45, 2.75) is 6.92 Å². The Morgan fingerprint density at radius 3 is 2.46 bits per heavy atom. The predicted octanol–water partition coefficient (Wildman–Crippen LogP) is 3.06. The summed E-state index contributed by atoms with van der Waals surface area (Å²) >= 11 is 0.827. The molecule has 144 valence electrons. The molecule has 1 aliphatic rings. The summed E-state index contributed by atoms with van der Waals surface area (Å²) in [7, 11) is 0. The van der Waals surface area contributed by atoms with Crippen molar-refractivity contribution >= 4 is 40.6 Å². The lowest BCUT2D eigenvalue weighted by molar-refractivity contribution is -0.128. The highest BCUT2D eigenvalue weighted by atomic mass is 32.2. The molecular formula is C21H20N2O4S. The monoisotopic (exact) mass is 396 g/mol. The van der Waals surface area contributed by atoms with Gasteiger partial charge in [-0.15, -0.1) is 0 Å². The van der Waals surface area contributed by atoms with Gasteiger partial charge in [-0.25, -0.2) is 0 Å². The van der Waals surface area contributed by atoms with Crippen LogP contribution in [0.5, 0.6) is 0 Å². The Labute approximate surface area is 167 Å². The van der Waals surface area contributed by atoms with Gasteiger partial charge in [0.05, 0.1) is 11.5 Å². The molecule has 0 atom stereocenters. The van der Waals surface area contributed by atoms with Gasteiger partial charge in [0.15, 0.2) is 0 Å². The van der Waals surface area contributed by atoms with E-state index in [1.54, 1.807) is 30.3 Å². The van der Waals surface area contributed by atoms with Crippen LogP contribution in [-0.2, 0) is 9.59 Å². The average molecular weight is 396 g/mol. The SMILES string of the molecule is Cc1ccccc1/C=C1\SC(=O)N(CC(=O)N(CCO)c2ccccc2)C1=O. The van der Waals surface area contributed by atoms with Gasteiger partial charge in [-0.2, -0.15) is 0 Å². The number of thioether (sulfide) groups is 1. The maximum absolute atomic E-state index is 12.7. The second-order valence-electron chi connectivity index (χ2n) is 6.23. The van der Waals surface area contributed by atoms with Gasteiger partial charge in [-0.1, -0.05) is 42.5 Å². The van der Waals surface area contributed by atoms with Gasteiger partial charge in [0.25, 0.3) is 11.1 Å². The van der Waals surface area contributed by atoms with E-state index in [0.29, 0.717) is 10.6 Å². The zero-order valence-electron chi connectivity index (χ0n) is 15.4. The summed E-state index contributed by atoms with van der Waals surface area (Å²) < 4.78 is 0. The van der Waals surface area contributed by atoms with Crippen molar-refractivity contribution in [1.29, 1.82) is 0 Å². The molecule has 2 aromatic rings. The largest absolute Gasteiger partial charge is 0.395 e. The molecule has 3 rings (SSSR count). The molecule has 0 bridgehead atoms. The quantitative estimate of drug-likeness (QED) is 0.760. The maximum Gasteiger partial charge on any atom is 0.294 e. The Morgan fingerprint density at radius 2 is 1.79 bits per heavy atom. The summed E-state index contributed by atoms with van der Waals surface area (Å²) in [6, 6.07) is 16.4. The first-order chi connectivity index (χ1) is 13.5. The Morgan fingerprint density at radius 1 is 1.11 bits per heavy atom. The van der Waals surface area contributed by atoms with Crippen molar-refractivity contribution < 1.29 is 19.5 Å². The van der Waals surface area contributed by atoms with E-state index in [1.165, 1.54) is 4.90 Å². The third kappa shape index (κ3) is 4.32. The number of para-hydroxylation sites is 1. The van der Waals surface area contributed by atoms with Gasteiger partial charge in [0.1, 0.15) is 6.54 Å². The van der Waals surface area contributed by atoms with Gasteiger partial charge >= 0.3 is 0 Å². The number of carbonyl (C=O) groups is 3. The Hall–Kier alpha value is -2.90. The molecule has 28 heavy (non-hydrogen) atoms. The number of aliphatic hydroxyl groups is 1. The molecule has 1 aliphatic heterocycles. The minimum atomic E-state index is -0.483. The van der Waals surface area contributed by atoms with Crippen molar-refractivity contribution in [3.05, 3.63) is 70.6 Å². The summed E-state index contributed by atoms with van der Waals surface area (Å²) in [5.41, 5.74) is 2.44. The molecule has 2 aromatic carbocycles. The summed E-state index contributed by atoms with van der Waals surface area (Å²) in [6.07, 6.45) is 1.67. The van der Waals surface area contributed by atoms with Crippen LogP contribution < -0.4 is 4.90 Å². The van der Waals surface area contributed by atoms with Crippen molar-refractivity contribution in [2.24, 2.45) is 0 Å². The van der Waals surface area contributed by atoms with Crippen LogP contribution in [-0.4, -0.2) is 46.8 Å². The van der Waals surface area contributed by atoms with Crippen LogP contribution in [0.3, 0.4) is 0 Å². The van der Waals surface area contributed by atoms with Crippen molar-refractivity contribution in [3.63, 3.8) is 0 Å². The zero-order valence-corrected chi connectivity index (χ0v) is 16.2. The van der Waals surface area contributed by atoms with E-state index in [4.69, 9.17) is 0 Å². The summed E-state index contributed by atoms with van der Waals surface area (Å²) in [5.74, 6) is -0.914. The Kier molecular flexibility index (Phi) is 6.28. The van der Waals surface area contributed by atoms with E-state index >= 15 is 0 Å². The molecule has 6 nitrogen and oxygen atoms in total. The highest BCUT2D eigenvalue weighted by Crippen LogP contribution is 2.32. The molecular weight excluding hydrogens is 376 g/mol. The van der Waals surface area contributed by atoms with E-state index in [9.17, 15) is 19.5 Å². The fourth-order valence-electron chi connectivity index (χ4n) is 2.85. The van der Waals surface area contributed by atoms with E-state index in [1.807, 2.05) is 37.3 Å². The molecule has 0 aromatic heterocycles. The van der Waals surface area contributed by atoms with E-state index < -0.39 is 17.1 Å². The number of nitrogens with zero attached hydrogens (tertiary/aromatic N) is 2. The molecule has 1 N–H and O–H groups in total. The van der Waals surface area contributed by atoms with Crippen molar-refractivity contribution in [2.75, 3.05) is 24.6 Å². The molecule has 7 heteroatoms. The molecule has 1 fully saturated rings. The van der Waals surface area contributed by atoms with Gasteiger partial charge in [-0.3, -0.25) is 19.3 Å². The topological polar surface area (TPSA) is 77.9 Å². The Balaban J connectivity index is 1.78. The van der Waals surface area contributed by atoms with Crippen LogP contribution in [0, 0.1) is 6.92 Å². The first kappa shape index (κ1) is 19.9. The third-order valence-corrected chi connectivity index (χ3v) is 5.24. The lowest BCUT2D eigenvalue weighted by Crippen LogP contribution is -2.43. The van der Waals surface area contributed by atoms with Gasteiger partial charge < -0.3 is 10.0 Å². The van der Waals surface area contributed by atoms with Crippen LogP contribution in [0.25, 0.3) is 6.08 Å². The summed E-state index contributed by atoms with van der Waals surface area (Å²) in [6.45, 7) is 1.41. The van der Waals surface area contributed by atoms with Crippen molar-refractivity contribution in [3.8, 4) is 0 Å². The lowest BCUT2D eigenvalue weighted by atomic mass is 10.1. The lowest BCUT2D eigenvalue weighted by Gasteiger charge is -2.23. The number of benzene rings is 2. The molecule has 1 saturated heterocycles. The van der Waals surface area contributed by atoms with E-state index in [-0.39, 0.29) is 19.7 Å². The van der Waals surface area contributed by atoms with Crippen LogP contribution in [0.15, 0.2) is 59.5 Å². The zero-order chi connectivity index (χ0) is 20.1. The first-order valence-electron chi connectivity index (χ1n) is 8.78. The van der Waals surface area contributed by atoms with Crippen LogP contribution in [0.4, 0.5) is 10.5 Å². The number of hydrogen-bond acceptors (Lipinski definition) is 5. The molecule has 0 spiro atoms. The smallest absolute Gasteiger partial charge is 0.294 e. The number of carbonyl (C=O) groups excluding carboxylic acids is 3. The average Bonchev–Trinajstić information content (AvgIpc) is 2.96. The molecule has 3 amide bonds. The Bertz CT molecular complexity index is 927. The van der Waals surface area contributed by atoms with Crippen LogP contribution >= 0.6 is 11.8 Å². The molecule has 0 aliphatic carbocycles. The molecule has 0 unspecified atom stereocenters. The highest BCUT2D eigenvalue weighted by molar-refractivity contribution is 8.18. The second-order valence-corrected chi connectivity index (χ2v) is 7.22. The minimum Gasteiger partial charge on any atom is -0.395 e. The van der Waals surface area contributed by atoms with Crippen LogP contribution in [0.2, 0.25) is 0 Å². The molecule has 0 saturated carbocycles. The fourth-order valence-corrected chi connectivity index (χ4v) is 3.68. The summed E-state index contributed by atoms with van der Waals surface area (Å²) in [5, 5.41) is 8.81. The van der Waals surface area contributed by atoms with E-state index in [0.717, 1.165) is 27.8 Å². The maximum atomic E-state index is 12.7. The minimum absolute atomic E-state index is 0.0815. The number of hydrogen-bond donors (Lipinski definition) is 1. The van der Waals surface area contributed by atoms with Crippen LogP contribution in [0.1, 0.15) is 11.1 Å². The fraction of sp³-hybridized carbons (Fsp3) is 0.190. The number of amides is 3. The standard InChI is InChI=1S/C21H20N2O4S/c1-15-7-5-6-8-16(15)13-18-20(26)23(21(27)28-18)14-19(25)22(11-12-24)17-9-3-2-4-10-17/h2-10,13,24H,11-12,14H2,1H3/b18-13-. The van der Waals surface area contributed by atoms with Gasteiger partial charge in [0.2, 0.25) is 5.91 Å². The molecule has 1 heterocycles. The number of anilines is 1. The first-order valence-corrected chi connectivity index (χ1v) is 9.60. The predicted molar refractivity (Wildman–Crippen MR) is 110 cm³/mol. The second kappa shape index (κ2) is 8.86. The normalized spacial score (nSPS) is 15.4. The summed E-state index contributed by atoms with van der Waals surface area (Å²) in [4.78, 5) is 40.4. The number of aryl methyl sites for hydroxylation is 1. The van der Waals surface area contributed by atoms with Gasteiger partial charge in [-0.05, 0) is 48.0 Å². The van der Waals surface area contributed by atoms with Crippen molar-refractivity contribution in [1.82, 2.24) is 4.90 Å². The molecule has 0 radical (unpaired) electrons. The number of rotatable bonds is 6. The van der Waals surface area contributed by atoms with E-state index in [2.05, 4.69) is 0 Å².